The van der Waals surface area contributed by atoms with Gasteiger partial charge in [-0.2, -0.15) is 0 Å². The van der Waals surface area contributed by atoms with E-state index in [-0.39, 0.29) is 29.6 Å². The first-order chi connectivity index (χ1) is 3.46. The zero-order valence-corrected chi connectivity index (χ0v) is 8.18. The van der Waals surface area contributed by atoms with E-state index in [0.29, 0.717) is 0 Å². The number of hydrogen-bond donors (Lipinski definition) is 2. The van der Waals surface area contributed by atoms with Crippen LogP contribution in [0.15, 0.2) is 0 Å². The fourth-order valence-electron chi connectivity index (χ4n) is 0. The van der Waals surface area contributed by atoms with Gasteiger partial charge in [-0.25, -0.2) is 0 Å². The first kappa shape index (κ1) is 16.5. The Bertz CT molecular complexity index is 62.8. The van der Waals surface area contributed by atoms with Crippen molar-refractivity contribution in [2.24, 2.45) is 0 Å². The molecule has 0 bridgehead atoms. The average molecular weight is 165 g/mol. The summed E-state index contributed by atoms with van der Waals surface area (Å²) in [7, 11) is 0. The Hall–Kier alpha value is 0.990. The maximum absolute atomic E-state index is 8.44. The average Bonchev–Trinajstić information content (AvgIpc) is 1.25. The van der Waals surface area contributed by atoms with Crippen molar-refractivity contribution in [2.45, 2.75) is 13.2 Å². The van der Waals surface area contributed by atoms with Gasteiger partial charge in [-0.1, -0.05) is 0 Å². The monoisotopic (exact) mass is 165 g/mol. The molecule has 0 aliphatic rings. The van der Waals surface area contributed by atoms with Crippen LogP contribution in [0.4, 0.5) is 0 Å². The molecule has 1 atom stereocenters. The number of aliphatic hydroxyl groups is 1. The summed E-state index contributed by atoms with van der Waals surface area (Å²) < 4.78 is 25.3. The molecule has 0 amide bonds. The van der Waals surface area contributed by atoms with Crippen molar-refractivity contribution in [2.75, 3.05) is 0 Å². The van der Waals surface area contributed by atoms with Gasteiger partial charge in [0.2, 0.25) is 0 Å². The Morgan fingerprint density at radius 1 is 1.67 bits per heavy atom. The fourth-order valence-corrected chi connectivity index (χ4v) is 0. The van der Waals surface area contributed by atoms with Crippen LogP contribution < -0.4 is 35.3 Å². The molecule has 0 aromatic rings. The van der Waals surface area contributed by atoms with Crippen LogP contribution in [0.5, 0.6) is 0 Å². The Morgan fingerprint density at radius 3 is 1.67 bits per heavy atom. The molecule has 4 N–H and O–H groups in total. The maximum atomic E-state index is 8.44. The predicted octanol–water partition coefficient (Wildman–Crippen LogP) is -5.43. The third-order valence-corrected chi connectivity index (χ3v) is 0. The smallest absolute Gasteiger partial charge is 0.784 e. The van der Waals surface area contributed by atoms with Crippen molar-refractivity contribution in [1.29, 1.82) is 0 Å². The topological polar surface area (TPSA) is 111 Å². The van der Waals surface area contributed by atoms with Gasteiger partial charge in [0.1, 0.15) is 0 Å². The van der Waals surface area contributed by atoms with Crippen molar-refractivity contribution in [3.63, 3.8) is 0 Å². The number of quaternary nitrogens is 1. The molecule has 0 rings (SSSR count). The van der Waals surface area contributed by atoms with Crippen molar-refractivity contribution in [1.82, 2.24) is 0 Å². The van der Waals surface area contributed by atoms with Crippen LogP contribution in [0.25, 0.3) is 0 Å². The molecule has 1 unspecified atom stereocenters. The van der Waals surface area contributed by atoms with Crippen LogP contribution in [-0.4, -0.2) is 24.6 Å². The van der Waals surface area contributed by atoms with E-state index in [1.165, 1.54) is 0 Å². The van der Waals surface area contributed by atoms with E-state index in [9.17, 15) is 0 Å². The molecule has 5 nitrogen and oxygen atoms in total. The van der Waals surface area contributed by atoms with Crippen LogP contribution >= 0.6 is 0 Å². The van der Waals surface area contributed by atoms with Gasteiger partial charge in [0, 0.05) is 6.92 Å². The normalized spacial score (nSPS) is 10.9. The molecule has 7 heteroatoms. The van der Waals surface area contributed by atoms with Gasteiger partial charge in [0.15, 0.2) is 6.23 Å². The second kappa shape index (κ2) is 11.7. The molecule has 0 heterocycles. The molecule has 0 saturated heterocycles. The standard InChI is InChI=1S/C2H7NO.Na.H2O3S/c1-2(3)4;;1-4(2)3/h2,4H,3H2,1H3;;(H2,1,2,3)/q;+1;/p-1. The second-order valence-corrected chi connectivity index (χ2v) is 1.46. The Morgan fingerprint density at radius 2 is 1.67 bits per heavy atom. The van der Waals surface area contributed by atoms with E-state index in [2.05, 4.69) is 5.73 Å². The van der Waals surface area contributed by atoms with E-state index in [4.69, 9.17) is 18.4 Å². The van der Waals surface area contributed by atoms with Gasteiger partial charge in [-0.05, 0) is 0 Å². The summed E-state index contributed by atoms with van der Waals surface area (Å²) in [5, 5.41) is 7.94. The third-order valence-electron chi connectivity index (χ3n) is 0. The first-order valence-electron chi connectivity index (χ1n) is 1.74. The van der Waals surface area contributed by atoms with Gasteiger partial charge < -0.3 is 19.9 Å². The van der Waals surface area contributed by atoms with Gasteiger partial charge in [-0.15, -0.1) is 11.4 Å². The summed E-state index contributed by atoms with van der Waals surface area (Å²) in [6.07, 6.45) is -0.417. The summed E-state index contributed by atoms with van der Waals surface area (Å²) in [6, 6.07) is 0. The van der Waals surface area contributed by atoms with Gasteiger partial charge in [-0.3, -0.25) is 4.21 Å². The number of aliphatic hydroxyl groups excluding tert-OH is 1. The number of hydrogen-bond acceptors (Lipinski definition) is 4. The zero-order chi connectivity index (χ0) is 7.15. The Kier molecular flexibility index (Phi) is 21.6. The molecular weight excluding hydrogens is 157 g/mol. The molecule has 0 aromatic carbocycles. The Balaban J connectivity index is -0.0000000720. The van der Waals surface area contributed by atoms with E-state index in [0.717, 1.165) is 0 Å². The van der Waals surface area contributed by atoms with Crippen LogP contribution in [-0.2, 0) is 11.4 Å². The summed E-state index contributed by atoms with van der Waals surface area (Å²) >= 11 is -3.11. The van der Waals surface area contributed by atoms with Crippen LogP contribution in [0.1, 0.15) is 6.92 Å². The molecule has 0 radical (unpaired) electrons. The van der Waals surface area contributed by atoms with Gasteiger partial charge >= 0.3 is 29.6 Å². The largest absolute Gasteiger partial charge is 1.00 e. The minimum absolute atomic E-state index is 0. The molecule has 52 valence electrons. The quantitative estimate of drug-likeness (QED) is 0.212. The summed E-state index contributed by atoms with van der Waals surface area (Å²) in [5.74, 6) is 0. The molecule has 0 aliphatic carbocycles. The molecule has 0 aromatic heterocycles. The molecule has 0 saturated carbocycles. The minimum atomic E-state index is -3.11. The van der Waals surface area contributed by atoms with Gasteiger partial charge in [0.05, 0.1) is 0 Å². The molecule has 0 fully saturated rings. The predicted molar refractivity (Wildman–Crippen MR) is 24.3 cm³/mol. The van der Waals surface area contributed by atoms with Crippen molar-refractivity contribution >= 4 is 11.4 Å². The summed E-state index contributed by atoms with van der Waals surface area (Å²) in [6.45, 7) is 1.61. The summed E-state index contributed by atoms with van der Waals surface area (Å²) in [4.78, 5) is 0. The van der Waals surface area contributed by atoms with E-state index in [1.807, 2.05) is 0 Å². The molecule has 9 heavy (non-hydrogen) atoms. The van der Waals surface area contributed by atoms with Crippen LogP contribution in [0, 0.1) is 0 Å². The third kappa shape index (κ3) is 448. The zero-order valence-electron chi connectivity index (χ0n) is 5.36. The van der Waals surface area contributed by atoms with Crippen molar-refractivity contribution in [3.8, 4) is 0 Å². The van der Waals surface area contributed by atoms with Crippen LogP contribution in [0.2, 0.25) is 0 Å². The summed E-state index contributed by atoms with van der Waals surface area (Å²) in [5.41, 5.74) is 3.19. The first-order valence-corrected chi connectivity index (χ1v) is 2.74. The number of rotatable bonds is 0. The fraction of sp³-hybridized carbons (Fsp3) is 1.00. The van der Waals surface area contributed by atoms with Crippen molar-refractivity contribution < 1.29 is 53.7 Å². The maximum Gasteiger partial charge on any atom is 1.00 e. The van der Waals surface area contributed by atoms with Crippen LogP contribution in [0.3, 0.4) is 0 Å². The minimum Gasteiger partial charge on any atom is -0.784 e. The SMILES string of the molecule is CC([NH3+])O.O=S([O-])[O-].[Na+]. The molecular formula is C2H8NNaO4S. The van der Waals surface area contributed by atoms with E-state index >= 15 is 0 Å². The van der Waals surface area contributed by atoms with E-state index in [1.54, 1.807) is 6.92 Å². The second-order valence-electron chi connectivity index (χ2n) is 1.05. The van der Waals surface area contributed by atoms with Crippen molar-refractivity contribution in [3.05, 3.63) is 0 Å². The molecule has 0 aliphatic heterocycles. The van der Waals surface area contributed by atoms with E-state index < -0.39 is 17.6 Å². The Labute approximate surface area is 78.0 Å². The molecule has 0 spiro atoms. The van der Waals surface area contributed by atoms with Gasteiger partial charge in [0.25, 0.3) is 0 Å².